The van der Waals surface area contributed by atoms with E-state index in [2.05, 4.69) is 16.7 Å². The highest BCUT2D eigenvalue weighted by molar-refractivity contribution is 7.15. The summed E-state index contributed by atoms with van der Waals surface area (Å²) in [6, 6.07) is 20.7. The first-order chi connectivity index (χ1) is 23.3. The van der Waals surface area contributed by atoms with Crippen molar-refractivity contribution >= 4 is 40.4 Å². The molecule has 5 aromatic rings. The van der Waals surface area contributed by atoms with Crippen molar-refractivity contribution in [2.75, 3.05) is 13.7 Å². The van der Waals surface area contributed by atoms with Gasteiger partial charge in [0.1, 0.15) is 16.8 Å². The van der Waals surface area contributed by atoms with E-state index in [0.29, 0.717) is 26.4 Å². The number of thiophene rings is 1. The molecule has 7 rings (SSSR count). The minimum absolute atomic E-state index is 0.181. The first-order valence-electron chi connectivity index (χ1n) is 16.0. The van der Waals surface area contributed by atoms with Crippen molar-refractivity contribution in [2.24, 2.45) is 4.99 Å². The number of hydrogen-bond acceptors (Lipinski definition) is 8. The van der Waals surface area contributed by atoms with E-state index in [1.165, 1.54) is 21.8 Å². The molecular formula is C38H34N4O4S2. The SMILES string of the molecule is CCOC(=O)C1=C(c2ccccc2)N=c2s/c(=C/c3cc(C)n(-c4sc5c(c4C#N)CCCC5)c3C)c(=O)n2[C@@H]1c1ccc(OC)cc1. The molecule has 1 aliphatic heterocycles. The van der Waals surface area contributed by atoms with E-state index < -0.39 is 12.0 Å². The van der Waals surface area contributed by atoms with Crippen molar-refractivity contribution in [3.05, 3.63) is 130 Å². The number of carbonyl (C=O) groups is 1. The van der Waals surface area contributed by atoms with Crippen LogP contribution in [0.3, 0.4) is 0 Å². The van der Waals surface area contributed by atoms with E-state index in [4.69, 9.17) is 14.5 Å². The second-order valence-corrected chi connectivity index (χ2v) is 14.0. The third-order valence-corrected chi connectivity index (χ3v) is 11.3. The van der Waals surface area contributed by atoms with Crippen LogP contribution in [-0.2, 0) is 22.4 Å². The zero-order valence-electron chi connectivity index (χ0n) is 27.2. The number of fused-ring (bicyclic) bond motifs is 2. The Labute approximate surface area is 286 Å². The van der Waals surface area contributed by atoms with Gasteiger partial charge in [-0.05, 0) is 87.4 Å². The molecule has 2 aromatic carbocycles. The molecule has 0 N–H and O–H groups in total. The van der Waals surface area contributed by atoms with Crippen LogP contribution < -0.4 is 19.6 Å². The monoisotopic (exact) mass is 674 g/mol. The summed E-state index contributed by atoms with van der Waals surface area (Å²) in [5.74, 6) is 0.142. The number of rotatable bonds is 7. The minimum atomic E-state index is -0.772. The first-order valence-corrected chi connectivity index (χ1v) is 17.6. The van der Waals surface area contributed by atoms with Crippen LogP contribution in [0.15, 0.2) is 76.0 Å². The molecule has 1 atom stereocenters. The lowest BCUT2D eigenvalue weighted by Gasteiger charge is -2.26. The number of thiazole rings is 1. The van der Waals surface area contributed by atoms with E-state index in [-0.39, 0.29) is 12.2 Å². The predicted molar refractivity (Wildman–Crippen MR) is 189 cm³/mol. The van der Waals surface area contributed by atoms with Crippen LogP contribution in [0.4, 0.5) is 0 Å². The number of carbonyl (C=O) groups excluding carboxylic acids is 1. The summed E-state index contributed by atoms with van der Waals surface area (Å²) >= 11 is 3.00. The van der Waals surface area contributed by atoms with Gasteiger partial charge in [0.25, 0.3) is 5.56 Å². The summed E-state index contributed by atoms with van der Waals surface area (Å²) in [6.07, 6.45) is 6.11. The second-order valence-electron chi connectivity index (χ2n) is 11.9. The van der Waals surface area contributed by atoms with Gasteiger partial charge in [0.15, 0.2) is 4.80 Å². The highest BCUT2D eigenvalue weighted by Gasteiger charge is 2.35. The molecule has 242 valence electrons. The summed E-state index contributed by atoms with van der Waals surface area (Å²) in [6.45, 7) is 6.01. The Morgan fingerprint density at radius 1 is 1.08 bits per heavy atom. The quantitative estimate of drug-likeness (QED) is 0.193. The van der Waals surface area contributed by atoms with Crippen LogP contribution in [0.1, 0.15) is 69.9 Å². The Hall–Kier alpha value is -4.98. The van der Waals surface area contributed by atoms with Crippen LogP contribution in [-0.4, -0.2) is 28.8 Å². The van der Waals surface area contributed by atoms with Crippen LogP contribution in [0.2, 0.25) is 0 Å². The molecule has 3 aromatic heterocycles. The van der Waals surface area contributed by atoms with Crippen LogP contribution in [0.25, 0.3) is 16.8 Å². The standard InChI is InChI=1S/C38H34N4O4S2/c1-5-46-37(44)32-33(24-11-7-6-8-12-24)40-38-42(34(32)25-15-17-27(45-4)18-16-25)35(43)31(48-38)20-26-19-22(2)41(23(26)3)36-29(21-39)28-13-9-10-14-30(28)47-36/h6-8,11-12,15-20,34H,5,9-10,13-14H2,1-4H3/b31-20+/t34-/m1/s1. The van der Waals surface area contributed by atoms with Crippen molar-refractivity contribution in [1.29, 1.82) is 5.26 Å². The van der Waals surface area contributed by atoms with Crippen LogP contribution in [0, 0.1) is 25.2 Å². The molecular weight excluding hydrogens is 641 g/mol. The van der Waals surface area contributed by atoms with E-state index in [1.807, 2.05) is 74.5 Å². The first kappa shape index (κ1) is 31.6. The highest BCUT2D eigenvalue weighted by Crippen LogP contribution is 2.39. The van der Waals surface area contributed by atoms with Crippen LogP contribution in [0.5, 0.6) is 5.75 Å². The maximum Gasteiger partial charge on any atom is 0.338 e. The van der Waals surface area contributed by atoms with Gasteiger partial charge >= 0.3 is 5.97 Å². The van der Waals surface area contributed by atoms with E-state index in [0.717, 1.165) is 64.3 Å². The Kier molecular flexibility index (Phi) is 8.50. The van der Waals surface area contributed by atoms with Crippen molar-refractivity contribution in [2.45, 2.75) is 52.5 Å². The molecule has 0 saturated heterocycles. The molecule has 0 spiro atoms. The fraction of sp³-hybridized carbons (Fsp3) is 0.263. The lowest BCUT2D eigenvalue weighted by molar-refractivity contribution is -0.138. The molecule has 0 unspecified atom stereocenters. The van der Waals surface area contributed by atoms with Gasteiger partial charge in [0.05, 0.1) is 41.1 Å². The number of esters is 1. The molecule has 0 amide bonds. The fourth-order valence-electron chi connectivity index (χ4n) is 6.75. The number of ether oxygens (including phenoxy) is 2. The number of methoxy groups -OCH3 is 1. The summed E-state index contributed by atoms with van der Waals surface area (Å²) in [5.41, 5.74) is 6.82. The van der Waals surface area contributed by atoms with E-state index in [1.54, 1.807) is 29.9 Å². The lowest BCUT2D eigenvalue weighted by Crippen LogP contribution is -2.40. The van der Waals surface area contributed by atoms with Gasteiger partial charge in [0, 0.05) is 21.8 Å². The summed E-state index contributed by atoms with van der Waals surface area (Å²) in [7, 11) is 1.60. The number of benzene rings is 2. The molecule has 1 aliphatic carbocycles. The van der Waals surface area contributed by atoms with Crippen molar-refractivity contribution in [1.82, 2.24) is 9.13 Å². The number of aromatic nitrogens is 2. The van der Waals surface area contributed by atoms with Crippen LogP contribution >= 0.6 is 22.7 Å². The normalized spacial score (nSPS) is 15.8. The molecule has 4 heterocycles. The second kappa shape index (κ2) is 12.9. The number of nitrogens with zero attached hydrogens (tertiary/aromatic N) is 4. The van der Waals surface area contributed by atoms with Gasteiger partial charge in [-0.15, -0.1) is 11.3 Å². The maximum absolute atomic E-state index is 14.4. The van der Waals surface area contributed by atoms with Crippen molar-refractivity contribution in [3.8, 4) is 16.8 Å². The van der Waals surface area contributed by atoms with Gasteiger partial charge in [0.2, 0.25) is 0 Å². The van der Waals surface area contributed by atoms with Gasteiger partial charge in [-0.25, -0.2) is 9.79 Å². The molecule has 10 heteroatoms. The average Bonchev–Trinajstić information content (AvgIpc) is 3.73. The Morgan fingerprint density at radius 2 is 1.83 bits per heavy atom. The van der Waals surface area contributed by atoms with Crippen molar-refractivity contribution < 1.29 is 14.3 Å². The largest absolute Gasteiger partial charge is 0.497 e. The summed E-state index contributed by atoms with van der Waals surface area (Å²) < 4.78 is 15.2. The molecule has 8 nitrogen and oxygen atoms in total. The fourth-order valence-corrected chi connectivity index (χ4v) is 9.20. The Bertz CT molecular complexity index is 2320. The van der Waals surface area contributed by atoms with Gasteiger partial charge in [-0.2, -0.15) is 5.26 Å². The smallest absolute Gasteiger partial charge is 0.338 e. The predicted octanol–water partition coefficient (Wildman–Crippen LogP) is 6.16. The lowest BCUT2D eigenvalue weighted by atomic mass is 9.93. The maximum atomic E-state index is 14.4. The van der Waals surface area contributed by atoms with E-state index >= 15 is 0 Å². The summed E-state index contributed by atoms with van der Waals surface area (Å²) in [5, 5.41) is 11.1. The Balaban J connectivity index is 1.44. The molecule has 48 heavy (non-hydrogen) atoms. The molecule has 0 bridgehead atoms. The van der Waals surface area contributed by atoms with E-state index in [9.17, 15) is 14.9 Å². The Morgan fingerprint density at radius 3 is 2.54 bits per heavy atom. The van der Waals surface area contributed by atoms with Crippen molar-refractivity contribution in [3.63, 3.8) is 0 Å². The number of aryl methyl sites for hydroxylation is 2. The third kappa shape index (κ3) is 5.33. The third-order valence-electron chi connectivity index (χ3n) is 9.03. The number of hydrogen-bond donors (Lipinski definition) is 0. The molecule has 0 saturated carbocycles. The molecule has 0 radical (unpaired) electrons. The highest BCUT2D eigenvalue weighted by atomic mass is 32.1. The van der Waals surface area contributed by atoms with Gasteiger partial charge in [-0.1, -0.05) is 53.8 Å². The average molecular weight is 675 g/mol. The van der Waals surface area contributed by atoms with Gasteiger partial charge in [-0.3, -0.25) is 9.36 Å². The van der Waals surface area contributed by atoms with Gasteiger partial charge < -0.3 is 14.0 Å². The molecule has 2 aliphatic rings. The zero-order valence-corrected chi connectivity index (χ0v) is 28.8. The topological polar surface area (TPSA) is 98.6 Å². The minimum Gasteiger partial charge on any atom is -0.497 e. The zero-order chi connectivity index (χ0) is 33.5. The molecule has 0 fully saturated rings. The summed E-state index contributed by atoms with van der Waals surface area (Å²) in [4.78, 5) is 34.9. The number of nitriles is 1.